The first-order valence-corrected chi connectivity index (χ1v) is 12.7. The number of hydrogen-bond donors (Lipinski definition) is 2. The molecule has 0 aliphatic rings. The number of nitrogens with zero attached hydrogens (tertiary/aromatic N) is 2. The third-order valence-corrected chi connectivity index (χ3v) is 5.98. The fourth-order valence-electron chi connectivity index (χ4n) is 3.30. The van der Waals surface area contributed by atoms with Crippen LogP contribution in [0.2, 0.25) is 0 Å². The average Bonchev–Trinajstić information content (AvgIpc) is 3.35. The van der Waals surface area contributed by atoms with E-state index in [9.17, 15) is 4.79 Å². The number of carbonyl (C=O) groups is 1. The summed E-state index contributed by atoms with van der Waals surface area (Å²) in [5.74, 6) is 0.505. The lowest BCUT2D eigenvalue weighted by Gasteiger charge is -2.06. The molecule has 3 rings (SSSR count). The van der Waals surface area contributed by atoms with Gasteiger partial charge in [-0.15, -0.1) is 11.8 Å². The van der Waals surface area contributed by atoms with Crippen LogP contribution in [-0.4, -0.2) is 35.2 Å². The Hall–Kier alpha value is -3.06. The van der Waals surface area contributed by atoms with Gasteiger partial charge in [0.2, 0.25) is 0 Å². The molecule has 1 aromatic heterocycles. The zero-order valence-corrected chi connectivity index (χ0v) is 20.2. The first kappa shape index (κ1) is 24.6. The fraction of sp³-hybridized carbons (Fsp3) is 0.346. The molecule has 6 nitrogen and oxygen atoms in total. The van der Waals surface area contributed by atoms with Gasteiger partial charge < -0.3 is 4.74 Å². The van der Waals surface area contributed by atoms with E-state index < -0.39 is 0 Å². The van der Waals surface area contributed by atoms with Gasteiger partial charge in [-0.25, -0.2) is 5.43 Å². The Balaban J connectivity index is 1.45. The number of hydrazone groups is 1. The first-order valence-electron chi connectivity index (χ1n) is 11.5. The van der Waals surface area contributed by atoms with Gasteiger partial charge >= 0.3 is 0 Å². The average molecular weight is 465 g/mol. The van der Waals surface area contributed by atoms with Crippen LogP contribution in [0.5, 0.6) is 5.75 Å². The SMILES string of the molecule is CCCCCCCCOc1ccc(-c2cc(C(=O)N/N=C/c3ccc(SC)cc3)[nH]n2)cc1. The molecule has 33 heavy (non-hydrogen) atoms. The normalized spacial score (nSPS) is 11.1. The monoisotopic (exact) mass is 464 g/mol. The molecule has 0 aliphatic carbocycles. The number of aromatic nitrogens is 2. The Morgan fingerprint density at radius 3 is 2.52 bits per heavy atom. The second kappa shape index (κ2) is 13.5. The lowest BCUT2D eigenvalue weighted by molar-refractivity contribution is 0.0950. The lowest BCUT2D eigenvalue weighted by atomic mass is 10.1. The van der Waals surface area contributed by atoms with E-state index in [-0.39, 0.29) is 5.91 Å². The van der Waals surface area contributed by atoms with Crippen LogP contribution in [0.3, 0.4) is 0 Å². The van der Waals surface area contributed by atoms with Gasteiger partial charge in [-0.2, -0.15) is 10.2 Å². The number of unbranched alkanes of at least 4 members (excludes halogenated alkanes) is 5. The van der Waals surface area contributed by atoms with Crippen molar-refractivity contribution in [3.8, 4) is 17.0 Å². The van der Waals surface area contributed by atoms with Crippen molar-refractivity contribution in [3.63, 3.8) is 0 Å². The maximum Gasteiger partial charge on any atom is 0.289 e. The molecule has 0 aliphatic heterocycles. The van der Waals surface area contributed by atoms with Crippen molar-refractivity contribution in [2.45, 2.75) is 50.3 Å². The number of rotatable bonds is 13. The molecule has 7 heteroatoms. The fourth-order valence-corrected chi connectivity index (χ4v) is 3.70. The summed E-state index contributed by atoms with van der Waals surface area (Å²) in [6, 6.07) is 17.4. The molecule has 3 aromatic rings. The predicted molar refractivity (Wildman–Crippen MR) is 136 cm³/mol. The van der Waals surface area contributed by atoms with E-state index in [0.717, 1.165) is 29.9 Å². The minimum Gasteiger partial charge on any atom is -0.494 e. The van der Waals surface area contributed by atoms with Crippen molar-refractivity contribution in [2.24, 2.45) is 5.10 Å². The smallest absolute Gasteiger partial charge is 0.289 e. The first-order chi connectivity index (χ1) is 16.2. The number of nitrogens with one attached hydrogen (secondary N) is 2. The van der Waals surface area contributed by atoms with Gasteiger partial charge in [0.15, 0.2) is 0 Å². The molecule has 1 heterocycles. The van der Waals surface area contributed by atoms with E-state index in [1.165, 1.54) is 37.0 Å². The quantitative estimate of drug-likeness (QED) is 0.135. The maximum absolute atomic E-state index is 12.3. The van der Waals surface area contributed by atoms with Crippen LogP contribution in [0, 0.1) is 0 Å². The molecule has 0 atom stereocenters. The van der Waals surface area contributed by atoms with E-state index in [1.807, 2.05) is 54.8 Å². The molecule has 0 bridgehead atoms. The summed E-state index contributed by atoms with van der Waals surface area (Å²) in [4.78, 5) is 13.5. The van der Waals surface area contributed by atoms with Crippen molar-refractivity contribution < 1.29 is 9.53 Å². The van der Waals surface area contributed by atoms with Crippen LogP contribution in [0.4, 0.5) is 0 Å². The minimum atomic E-state index is -0.343. The molecule has 0 saturated heterocycles. The van der Waals surface area contributed by atoms with Gasteiger partial charge in [0, 0.05) is 10.5 Å². The minimum absolute atomic E-state index is 0.343. The van der Waals surface area contributed by atoms with Crippen LogP contribution in [0.15, 0.2) is 64.6 Å². The Labute approximate surface area is 200 Å². The number of hydrogen-bond acceptors (Lipinski definition) is 5. The lowest BCUT2D eigenvalue weighted by Crippen LogP contribution is -2.17. The number of ether oxygens (including phenoxy) is 1. The second-order valence-electron chi connectivity index (χ2n) is 7.78. The number of H-pyrrole nitrogens is 1. The van der Waals surface area contributed by atoms with Crippen molar-refractivity contribution >= 4 is 23.9 Å². The van der Waals surface area contributed by atoms with Crippen molar-refractivity contribution in [1.29, 1.82) is 0 Å². The van der Waals surface area contributed by atoms with Gasteiger partial charge in [-0.05, 0) is 60.7 Å². The van der Waals surface area contributed by atoms with E-state index >= 15 is 0 Å². The zero-order chi connectivity index (χ0) is 23.3. The molecular weight excluding hydrogens is 432 g/mol. The van der Waals surface area contributed by atoms with Crippen LogP contribution < -0.4 is 10.2 Å². The third kappa shape index (κ3) is 8.09. The molecule has 1 amide bonds. The van der Waals surface area contributed by atoms with Crippen LogP contribution in [0.25, 0.3) is 11.3 Å². The predicted octanol–water partition coefficient (Wildman–Crippen LogP) is 6.30. The molecule has 0 saturated carbocycles. The van der Waals surface area contributed by atoms with Gasteiger partial charge in [0.05, 0.1) is 18.5 Å². The number of thioether (sulfide) groups is 1. The van der Waals surface area contributed by atoms with E-state index in [4.69, 9.17) is 4.74 Å². The molecule has 174 valence electrons. The summed E-state index contributed by atoms with van der Waals surface area (Å²) >= 11 is 1.68. The Bertz CT molecular complexity index is 1010. The Kier molecular flexibility index (Phi) is 10.0. The van der Waals surface area contributed by atoms with Gasteiger partial charge in [-0.1, -0.05) is 51.2 Å². The van der Waals surface area contributed by atoms with E-state index in [2.05, 4.69) is 27.6 Å². The van der Waals surface area contributed by atoms with E-state index in [0.29, 0.717) is 11.4 Å². The molecule has 2 aromatic carbocycles. The molecule has 0 spiro atoms. The number of carbonyl (C=O) groups excluding carboxylic acids is 1. The Morgan fingerprint density at radius 2 is 1.79 bits per heavy atom. The highest BCUT2D eigenvalue weighted by Gasteiger charge is 2.10. The van der Waals surface area contributed by atoms with Gasteiger partial charge in [0.1, 0.15) is 11.4 Å². The maximum atomic E-state index is 12.3. The summed E-state index contributed by atoms with van der Waals surface area (Å²) in [5, 5.41) is 11.1. The zero-order valence-electron chi connectivity index (χ0n) is 19.3. The number of amides is 1. The molecular formula is C26H32N4O2S. The Morgan fingerprint density at radius 1 is 1.06 bits per heavy atom. The van der Waals surface area contributed by atoms with Crippen molar-refractivity contribution in [3.05, 3.63) is 65.9 Å². The largest absolute Gasteiger partial charge is 0.494 e. The summed E-state index contributed by atoms with van der Waals surface area (Å²) < 4.78 is 5.83. The summed E-state index contributed by atoms with van der Waals surface area (Å²) in [6.45, 7) is 2.97. The third-order valence-electron chi connectivity index (χ3n) is 5.23. The standard InChI is InChI=1S/C26H32N4O2S/c1-3-4-5-6-7-8-17-32-22-13-11-21(12-14-22)24-18-25(29-28-24)26(31)30-27-19-20-9-15-23(33-2)16-10-20/h9-16,18-19H,3-8,17H2,1-2H3,(H,28,29)(H,30,31)/b27-19+. The highest BCUT2D eigenvalue weighted by Crippen LogP contribution is 2.22. The highest BCUT2D eigenvalue weighted by molar-refractivity contribution is 7.98. The molecule has 0 unspecified atom stereocenters. The van der Waals surface area contributed by atoms with Crippen molar-refractivity contribution in [1.82, 2.24) is 15.6 Å². The summed E-state index contributed by atoms with van der Waals surface area (Å²) in [5.41, 5.74) is 5.40. The summed E-state index contributed by atoms with van der Waals surface area (Å²) in [7, 11) is 0. The van der Waals surface area contributed by atoms with Crippen LogP contribution >= 0.6 is 11.8 Å². The number of aromatic amines is 1. The van der Waals surface area contributed by atoms with Gasteiger partial charge in [0.25, 0.3) is 5.91 Å². The molecule has 0 radical (unpaired) electrons. The topological polar surface area (TPSA) is 79.4 Å². The number of benzene rings is 2. The van der Waals surface area contributed by atoms with Gasteiger partial charge in [-0.3, -0.25) is 9.89 Å². The van der Waals surface area contributed by atoms with Crippen LogP contribution in [0.1, 0.15) is 61.5 Å². The van der Waals surface area contributed by atoms with E-state index in [1.54, 1.807) is 24.0 Å². The highest BCUT2D eigenvalue weighted by atomic mass is 32.2. The van der Waals surface area contributed by atoms with Crippen LogP contribution in [-0.2, 0) is 0 Å². The summed E-state index contributed by atoms with van der Waals surface area (Å²) in [6.07, 6.45) is 11.1. The van der Waals surface area contributed by atoms with Crippen molar-refractivity contribution in [2.75, 3.05) is 12.9 Å². The molecule has 2 N–H and O–H groups in total. The second-order valence-corrected chi connectivity index (χ2v) is 8.66. The molecule has 0 fully saturated rings.